The summed E-state index contributed by atoms with van der Waals surface area (Å²) in [7, 11) is -3.21. The standard InChI is InChI=1S/C18H21NO3S/c1-12-5-10-17(13(2)11-12)18(20)19-14(3)15-6-8-16(9-7-15)23(4,21)22/h5-11,14H,1-4H3,(H,19,20)/t14-/m1/s1. The Labute approximate surface area is 137 Å². The van der Waals surface area contributed by atoms with Crippen LogP contribution in [0.3, 0.4) is 0 Å². The third-order valence-electron chi connectivity index (χ3n) is 3.78. The van der Waals surface area contributed by atoms with E-state index in [1.807, 2.05) is 39.0 Å². The molecule has 1 amide bonds. The summed E-state index contributed by atoms with van der Waals surface area (Å²) in [5, 5.41) is 2.94. The summed E-state index contributed by atoms with van der Waals surface area (Å²) in [6, 6.07) is 12.1. The van der Waals surface area contributed by atoms with Crippen molar-refractivity contribution in [2.75, 3.05) is 6.26 Å². The van der Waals surface area contributed by atoms with Crippen LogP contribution in [0, 0.1) is 13.8 Å². The van der Waals surface area contributed by atoms with E-state index in [4.69, 9.17) is 0 Å². The number of nitrogens with one attached hydrogen (secondary N) is 1. The molecule has 4 nitrogen and oxygen atoms in total. The van der Waals surface area contributed by atoms with Gasteiger partial charge in [0.2, 0.25) is 0 Å². The molecule has 2 aromatic carbocycles. The van der Waals surface area contributed by atoms with E-state index in [-0.39, 0.29) is 16.8 Å². The van der Waals surface area contributed by atoms with E-state index >= 15 is 0 Å². The van der Waals surface area contributed by atoms with Crippen LogP contribution in [-0.4, -0.2) is 20.6 Å². The summed E-state index contributed by atoms with van der Waals surface area (Å²) in [5.41, 5.74) is 3.55. The molecule has 2 aromatic rings. The van der Waals surface area contributed by atoms with Gasteiger partial charge in [-0.2, -0.15) is 0 Å². The van der Waals surface area contributed by atoms with Gasteiger partial charge < -0.3 is 5.32 Å². The Bertz CT molecular complexity index is 824. The number of rotatable bonds is 4. The number of carbonyl (C=O) groups is 1. The van der Waals surface area contributed by atoms with E-state index in [9.17, 15) is 13.2 Å². The van der Waals surface area contributed by atoms with Crippen molar-refractivity contribution < 1.29 is 13.2 Å². The minimum absolute atomic E-state index is 0.137. The molecule has 122 valence electrons. The van der Waals surface area contributed by atoms with Crippen LogP contribution in [0.15, 0.2) is 47.4 Å². The first-order chi connectivity index (χ1) is 10.7. The molecule has 0 aliphatic carbocycles. The Morgan fingerprint density at radius 2 is 1.65 bits per heavy atom. The molecule has 1 N–H and O–H groups in total. The maximum absolute atomic E-state index is 12.4. The quantitative estimate of drug-likeness (QED) is 0.936. The first kappa shape index (κ1) is 17.2. The van der Waals surface area contributed by atoms with Crippen molar-refractivity contribution >= 4 is 15.7 Å². The van der Waals surface area contributed by atoms with Crippen molar-refractivity contribution in [2.45, 2.75) is 31.7 Å². The summed E-state index contributed by atoms with van der Waals surface area (Å²) in [5.74, 6) is -0.137. The molecule has 0 saturated heterocycles. The number of sulfone groups is 1. The SMILES string of the molecule is Cc1ccc(C(=O)N[C@H](C)c2ccc(S(C)(=O)=O)cc2)c(C)c1. The number of aryl methyl sites for hydroxylation is 2. The van der Waals surface area contributed by atoms with Crippen molar-refractivity contribution in [2.24, 2.45) is 0 Å². The zero-order valence-electron chi connectivity index (χ0n) is 13.8. The molecule has 0 aromatic heterocycles. The van der Waals surface area contributed by atoms with E-state index in [0.717, 1.165) is 16.7 Å². The van der Waals surface area contributed by atoms with Gasteiger partial charge >= 0.3 is 0 Å². The summed E-state index contributed by atoms with van der Waals surface area (Å²) >= 11 is 0. The first-order valence-corrected chi connectivity index (χ1v) is 9.26. The molecule has 0 aliphatic rings. The Kier molecular flexibility index (Phi) is 4.90. The lowest BCUT2D eigenvalue weighted by molar-refractivity contribution is 0.0939. The van der Waals surface area contributed by atoms with Gasteiger partial charge in [0.05, 0.1) is 10.9 Å². The van der Waals surface area contributed by atoms with E-state index < -0.39 is 9.84 Å². The largest absolute Gasteiger partial charge is 0.346 e. The molecule has 0 heterocycles. The summed E-state index contributed by atoms with van der Waals surface area (Å²) in [4.78, 5) is 12.7. The van der Waals surface area contributed by atoms with Crippen molar-refractivity contribution in [3.63, 3.8) is 0 Å². The van der Waals surface area contributed by atoms with Crippen LogP contribution in [0.5, 0.6) is 0 Å². The molecule has 0 fully saturated rings. The normalized spacial score (nSPS) is 12.7. The van der Waals surface area contributed by atoms with Gasteiger partial charge in [-0.1, -0.05) is 29.8 Å². The number of amides is 1. The highest BCUT2D eigenvalue weighted by atomic mass is 32.2. The zero-order valence-corrected chi connectivity index (χ0v) is 14.6. The summed E-state index contributed by atoms with van der Waals surface area (Å²) in [6.07, 6.45) is 1.17. The maximum Gasteiger partial charge on any atom is 0.252 e. The lowest BCUT2D eigenvalue weighted by Crippen LogP contribution is -2.27. The zero-order chi connectivity index (χ0) is 17.2. The fourth-order valence-electron chi connectivity index (χ4n) is 2.43. The lowest BCUT2D eigenvalue weighted by Gasteiger charge is -2.16. The average Bonchev–Trinajstić information content (AvgIpc) is 2.46. The minimum Gasteiger partial charge on any atom is -0.346 e. The Balaban J connectivity index is 2.15. The highest BCUT2D eigenvalue weighted by Crippen LogP contribution is 2.18. The molecule has 0 saturated carbocycles. The van der Waals surface area contributed by atoms with Crippen LogP contribution in [0.4, 0.5) is 0 Å². The minimum atomic E-state index is -3.21. The van der Waals surface area contributed by atoms with Gasteiger partial charge in [-0.15, -0.1) is 0 Å². The van der Waals surface area contributed by atoms with Gasteiger partial charge in [0.25, 0.3) is 5.91 Å². The van der Waals surface area contributed by atoms with Crippen LogP contribution in [-0.2, 0) is 9.84 Å². The second-order valence-electron chi connectivity index (χ2n) is 5.85. The Hall–Kier alpha value is -2.14. The third-order valence-corrected chi connectivity index (χ3v) is 4.91. The molecule has 0 bridgehead atoms. The average molecular weight is 331 g/mol. The molecule has 1 atom stereocenters. The van der Waals surface area contributed by atoms with Crippen LogP contribution in [0.25, 0.3) is 0 Å². The highest BCUT2D eigenvalue weighted by Gasteiger charge is 2.14. The Morgan fingerprint density at radius 3 is 2.17 bits per heavy atom. The van der Waals surface area contributed by atoms with Crippen LogP contribution >= 0.6 is 0 Å². The second-order valence-corrected chi connectivity index (χ2v) is 7.87. The molecule has 0 spiro atoms. The van der Waals surface area contributed by atoms with Gasteiger partial charge in [0.1, 0.15) is 0 Å². The molecule has 2 rings (SSSR count). The molecule has 0 aliphatic heterocycles. The first-order valence-electron chi connectivity index (χ1n) is 7.36. The van der Waals surface area contributed by atoms with Gasteiger partial charge in [-0.25, -0.2) is 8.42 Å². The number of carbonyl (C=O) groups excluding carboxylic acids is 1. The maximum atomic E-state index is 12.4. The third kappa shape index (κ3) is 4.20. The van der Waals surface area contributed by atoms with Crippen LogP contribution in [0.2, 0.25) is 0 Å². The lowest BCUT2D eigenvalue weighted by atomic mass is 10.0. The fourth-order valence-corrected chi connectivity index (χ4v) is 3.06. The van der Waals surface area contributed by atoms with E-state index in [0.29, 0.717) is 5.56 Å². The van der Waals surface area contributed by atoms with Gasteiger partial charge in [0.15, 0.2) is 9.84 Å². The number of hydrogen-bond acceptors (Lipinski definition) is 3. The smallest absolute Gasteiger partial charge is 0.252 e. The van der Waals surface area contributed by atoms with Gasteiger partial charge in [-0.05, 0) is 50.1 Å². The molecule has 0 radical (unpaired) electrons. The van der Waals surface area contributed by atoms with Crippen LogP contribution in [0.1, 0.15) is 40.0 Å². The van der Waals surface area contributed by atoms with Crippen LogP contribution < -0.4 is 5.32 Å². The van der Waals surface area contributed by atoms with E-state index in [2.05, 4.69) is 5.32 Å². The van der Waals surface area contributed by atoms with E-state index in [1.54, 1.807) is 24.3 Å². The summed E-state index contributed by atoms with van der Waals surface area (Å²) < 4.78 is 22.9. The van der Waals surface area contributed by atoms with Crippen molar-refractivity contribution in [3.8, 4) is 0 Å². The van der Waals surface area contributed by atoms with Gasteiger partial charge in [0, 0.05) is 11.8 Å². The number of benzene rings is 2. The van der Waals surface area contributed by atoms with Gasteiger partial charge in [-0.3, -0.25) is 4.79 Å². The second kappa shape index (κ2) is 6.54. The number of hydrogen-bond donors (Lipinski definition) is 1. The monoisotopic (exact) mass is 331 g/mol. The molecular weight excluding hydrogens is 310 g/mol. The van der Waals surface area contributed by atoms with Crippen molar-refractivity contribution in [1.82, 2.24) is 5.32 Å². The molecule has 23 heavy (non-hydrogen) atoms. The molecule has 5 heteroatoms. The fraction of sp³-hybridized carbons (Fsp3) is 0.278. The van der Waals surface area contributed by atoms with Crippen molar-refractivity contribution in [1.29, 1.82) is 0 Å². The summed E-state index contributed by atoms with van der Waals surface area (Å²) in [6.45, 7) is 5.77. The predicted octanol–water partition coefficient (Wildman–Crippen LogP) is 3.20. The van der Waals surface area contributed by atoms with E-state index in [1.165, 1.54) is 6.26 Å². The highest BCUT2D eigenvalue weighted by molar-refractivity contribution is 7.90. The molecular formula is C18H21NO3S. The predicted molar refractivity (Wildman–Crippen MR) is 91.3 cm³/mol. The topological polar surface area (TPSA) is 63.2 Å². The van der Waals surface area contributed by atoms with Crippen molar-refractivity contribution in [3.05, 3.63) is 64.7 Å². The Morgan fingerprint density at radius 1 is 1.04 bits per heavy atom. The molecule has 0 unspecified atom stereocenters.